The summed E-state index contributed by atoms with van der Waals surface area (Å²) in [7, 11) is 1.52. The van der Waals surface area contributed by atoms with Crippen LogP contribution >= 0.6 is 0 Å². The van der Waals surface area contributed by atoms with E-state index in [2.05, 4.69) is 0 Å². The standard InChI is InChI=1S/C30H26O7/c1-14-10-20-22(12-16(14)3)36-29(33)25(27(20)31)24(18-6-8-19(35-5)9-7-18)26-28(32)21-11-15(2)17(4)13-23(21)37-30(26)34/h6-13,24,31-32H,1-5H3. The fraction of sp³-hybridized carbons (Fsp3) is 0.200. The number of ether oxygens (including phenoxy) is 1. The lowest BCUT2D eigenvalue weighted by molar-refractivity contribution is 0.414. The Labute approximate surface area is 212 Å². The highest BCUT2D eigenvalue weighted by molar-refractivity contribution is 5.88. The molecule has 0 radical (unpaired) electrons. The van der Waals surface area contributed by atoms with E-state index in [-0.39, 0.29) is 33.8 Å². The second kappa shape index (κ2) is 8.85. The highest BCUT2D eigenvalue weighted by Gasteiger charge is 2.32. The summed E-state index contributed by atoms with van der Waals surface area (Å²) in [5, 5.41) is 23.5. The van der Waals surface area contributed by atoms with Crippen LogP contribution in [-0.2, 0) is 0 Å². The van der Waals surface area contributed by atoms with Crippen molar-refractivity contribution >= 4 is 21.9 Å². The van der Waals surface area contributed by atoms with Crippen LogP contribution in [0.25, 0.3) is 21.9 Å². The molecule has 7 nitrogen and oxygen atoms in total. The van der Waals surface area contributed by atoms with Crippen molar-refractivity contribution in [2.45, 2.75) is 33.6 Å². The molecule has 0 saturated carbocycles. The Bertz CT molecular complexity index is 1700. The molecule has 0 aliphatic rings. The van der Waals surface area contributed by atoms with Crippen molar-refractivity contribution in [1.29, 1.82) is 0 Å². The van der Waals surface area contributed by atoms with Crippen molar-refractivity contribution in [2.24, 2.45) is 0 Å². The van der Waals surface area contributed by atoms with Crippen LogP contribution in [-0.4, -0.2) is 17.3 Å². The molecule has 2 heterocycles. The van der Waals surface area contributed by atoms with Gasteiger partial charge >= 0.3 is 11.3 Å². The van der Waals surface area contributed by atoms with Gasteiger partial charge < -0.3 is 23.8 Å². The zero-order valence-electron chi connectivity index (χ0n) is 21.1. The number of hydrogen-bond donors (Lipinski definition) is 2. The van der Waals surface area contributed by atoms with Crippen molar-refractivity contribution in [2.75, 3.05) is 7.11 Å². The average molecular weight is 499 g/mol. The molecule has 7 heteroatoms. The van der Waals surface area contributed by atoms with Gasteiger partial charge in [0.05, 0.1) is 34.9 Å². The van der Waals surface area contributed by atoms with E-state index in [4.69, 9.17) is 13.6 Å². The Morgan fingerprint density at radius 2 is 1.08 bits per heavy atom. The lowest BCUT2D eigenvalue weighted by atomic mass is 9.84. The van der Waals surface area contributed by atoms with Crippen LogP contribution in [0.5, 0.6) is 17.2 Å². The first-order valence-electron chi connectivity index (χ1n) is 11.8. The van der Waals surface area contributed by atoms with Gasteiger partial charge in [-0.1, -0.05) is 12.1 Å². The molecule has 37 heavy (non-hydrogen) atoms. The summed E-state index contributed by atoms with van der Waals surface area (Å²) in [6, 6.07) is 13.5. The molecule has 5 rings (SSSR count). The average Bonchev–Trinajstić information content (AvgIpc) is 2.86. The van der Waals surface area contributed by atoms with Gasteiger partial charge in [0, 0.05) is 0 Å². The molecule has 0 aliphatic heterocycles. The maximum absolute atomic E-state index is 13.4. The summed E-state index contributed by atoms with van der Waals surface area (Å²) >= 11 is 0. The fourth-order valence-corrected chi connectivity index (χ4v) is 4.69. The molecule has 0 amide bonds. The first kappa shape index (κ1) is 24.2. The molecule has 2 aromatic heterocycles. The molecule has 0 unspecified atom stereocenters. The third kappa shape index (κ3) is 3.93. The number of aryl methyl sites for hydroxylation is 4. The predicted octanol–water partition coefficient (Wildman–Crippen LogP) is 5.73. The Hall–Kier alpha value is -4.52. The van der Waals surface area contributed by atoms with Gasteiger partial charge in [0.15, 0.2) is 0 Å². The van der Waals surface area contributed by atoms with E-state index >= 15 is 0 Å². The highest BCUT2D eigenvalue weighted by atomic mass is 16.5. The lowest BCUT2D eigenvalue weighted by Crippen LogP contribution is -2.21. The van der Waals surface area contributed by atoms with E-state index in [1.54, 1.807) is 48.5 Å². The maximum atomic E-state index is 13.4. The molecule has 2 N–H and O–H groups in total. The van der Waals surface area contributed by atoms with Crippen molar-refractivity contribution in [3.8, 4) is 17.2 Å². The predicted molar refractivity (Wildman–Crippen MR) is 141 cm³/mol. The largest absolute Gasteiger partial charge is 0.507 e. The molecular weight excluding hydrogens is 472 g/mol. The van der Waals surface area contributed by atoms with Gasteiger partial charge in [-0.25, -0.2) is 9.59 Å². The molecule has 0 fully saturated rings. The number of aromatic hydroxyl groups is 2. The van der Waals surface area contributed by atoms with Crippen LogP contribution in [0, 0.1) is 27.7 Å². The van der Waals surface area contributed by atoms with E-state index in [1.165, 1.54) is 7.11 Å². The van der Waals surface area contributed by atoms with E-state index in [0.717, 1.165) is 22.3 Å². The molecule has 0 spiro atoms. The summed E-state index contributed by atoms with van der Waals surface area (Å²) in [5.41, 5.74) is 2.48. The van der Waals surface area contributed by atoms with Crippen LogP contribution < -0.4 is 16.0 Å². The van der Waals surface area contributed by atoms with E-state index in [0.29, 0.717) is 22.1 Å². The SMILES string of the molecule is COc1ccc(C(c2c(O)c3cc(C)c(C)cc3oc2=O)c2c(O)c3cc(C)c(C)cc3oc2=O)cc1. The van der Waals surface area contributed by atoms with E-state index in [9.17, 15) is 19.8 Å². The maximum Gasteiger partial charge on any atom is 0.344 e. The van der Waals surface area contributed by atoms with Crippen molar-refractivity contribution in [1.82, 2.24) is 0 Å². The monoisotopic (exact) mass is 498 g/mol. The van der Waals surface area contributed by atoms with Crippen molar-refractivity contribution < 1.29 is 23.8 Å². The number of hydrogen-bond acceptors (Lipinski definition) is 7. The highest BCUT2D eigenvalue weighted by Crippen LogP contribution is 2.42. The number of methoxy groups -OCH3 is 1. The first-order chi connectivity index (χ1) is 17.6. The van der Waals surface area contributed by atoms with Crippen LogP contribution in [0.1, 0.15) is 44.9 Å². The van der Waals surface area contributed by atoms with Gasteiger partial charge in [0.2, 0.25) is 0 Å². The second-order valence-corrected chi connectivity index (χ2v) is 9.38. The van der Waals surface area contributed by atoms with E-state index < -0.39 is 17.2 Å². The Morgan fingerprint density at radius 3 is 1.49 bits per heavy atom. The minimum Gasteiger partial charge on any atom is -0.507 e. The molecule has 0 bridgehead atoms. The van der Waals surface area contributed by atoms with Gasteiger partial charge in [-0.2, -0.15) is 0 Å². The smallest absolute Gasteiger partial charge is 0.344 e. The number of fused-ring (bicyclic) bond motifs is 2. The summed E-state index contributed by atoms with van der Waals surface area (Å²) in [4.78, 5) is 26.8. The van der Waals surface area contributed by atoms with Gasteiger partial charge in [-0.3, -0.25) is 0 Å². The van der Waals surface area contributed by atoms with Crippen LogP contribution in [0.4, 0.5) is 0 Å². The molecule has 0 aliphatic carbocycles. The topological polar surface area (TPSA) is 110 Å². The summed E-state index contributed by atoms with van der Waals surface area (Å²) in [6.45, 7) is 7.52. The fourth-order valence-electron chi connectivity index (χ4n) is 4.69. The third-order valence-electron chi connectivity index (χ3n) is 7.08. The van der Waals surface area contributed by atoms with Gasteiger partial charge in [-0.15, -0.1) is 0 Å². The summed E-state index contributed by atoms with van der Waals surface area (Å²) in [5.74, 6) is -1.28. The zero-order chi connectivity index (χ0) is 26.6. The van der Waals surface area contributed by atoms with Gasteiger partial charge in [0.1, 0.15) is 28.4 Å². The van der Waals surface area contributed by atoms with Crippen LogP contribution in [0.3, 0.4) is 0 Å². The number of rotatable bonds is 4. The van der Waals surface area contributed by atoms with Gasteiger partial charge in [-0.05, 0) is 91.9 Å². The lowest BCUT2D eigenvalue weighted by Gasteiger charge is -2.20. The Kier molecular flexibility index (Phi) is 5.79. The van der Waals surface area contributed by atoms with Gasteiger partial charge in [0.25, 0.3) is 0 Å². The molecule has 0 saturated heterocycles. The summed E-state index contributed by atoms with van der Waals surface area (Å²) in [6.07, 6.45) is 0. The minimum absolute atomic E-state index is 0.174. The summed E-state index contributed by atoms with van der Waals surface area (Å²) < 4.78 is 16.5. The molecule has 0 atom stereocenters. The minimum atomic E-state index is -1.18. The molecular formula is C30H26O7. The zero-order valence-corrected chi connectivity index (χ0v) is 21.1. The third-order valence-corrected chi connectivity index (χ3v) is 7.08. The first-order valence-corrected chi connectivity index (χ1v) is 11.8. The quantitative estimate of drug-likeness (QED) is 0.304. The van der Waals surface area contributed by atoms with Crippen LogP contribution in [0.2, 0.25) is 0 Å². The second-order valence-electron chi connectivity index (χ2n) is 9.38. The van der Waals surface area contributed by atoms with Crippen molar-refractivity contribution in [3.63, 3.8) is 0 Å². The Morgan fingerprint density at radius 1 is 0.676 bits per heavy atom. The molecule has 5 aromatic rings. The van der Waals surface area contributed by atoms with Crippen molar-refractivity contribution in [3.05, 3.63) is 108 Å². The Balaban J connectivity index is 1.90. The molecule has 188 valence electrons. The van der Waals surface area contributed by atoms with Crippen LogP contribution in [0.15, 0.2) is 67.0 Å². The molecule has 3 aromatic carbocycles. The normalized spacial score (nSPS) is 11.5. The number of benzene rings is 3. The van der Waals surface area contributed by atoms with E-state index in [1.807, 2.05) is 27.7 Å².